The molecule has 5 nitrogen and oxygen atoms in total. The maximum atomic E-state index is 13.2. The summed E-state index contributed by atoms with van der Waals surface area (Å²) < 4.78 is 27.6. The van der Waals surface area contributed by atoms with Crippen LogP contribution in [0.5, 0.6) is 0 Å². The molecule has 4 rings (SSSR count). The lowest BCUT2D eigenvalue weighted by Crippen LogP contribution is -2.15. The number of hydrogen-bond donors (Lipinski definition) is 1. The summed E-state index contributed by atoms with van der Waals surface area (Å²) >= 11 is 0. The average molecular weight is 314 g/mol. The second-order valence-corrected chi connectivity index (χ2v) is 5.54. The first-order valence-electron chi connectivity index (χ1n) is 7.23. The zero-order chi connectivity index (χ0) is 16.0. The van der Waals surface area contributed by atoms with Crippen LogP contribution in [0.2, 0.25) is 0 Å². The Morgan fingerprint density at radius 2 is 2.00 bits per heavy atom. The van der Waals surface area contributed by atoms with Gasteiger partial charge in [-0.25, -0.2) is 18.3 Å². The maximum Gasteiger partial charge on any atom is 0.276 e. The number of carbonyl (C=O) groups excluding carboxylic acids is 1. The van der Waals surface area contributed by atoms with Crippen LogP contribution >= 0.6 is 0 Å². The van der Waals surface area contributed by atoms with Gasteiger partial charge in [-0.1, -0.05) is 0 Å². The molecule has 1 aliphatic carbocycles. The molecule has 1 saturated carbocycles. The van der Waals surface area contributed by atoms with Gasteiger partial charge in [0.05, 0.1) is 11.9 Å². The van der Waals surface area contributed by atoms with Crippen LogP contribution in [-0.2, 0) is 0 Å². The van der Waals surface area contributed by atoms with E-state index in [9.17, 15) is 13.6 Å². The second-order valence-electron chi connectivity index (χ2n) is 5.54. The van der Waals surface area contributed by atoms with Crippen molar-refractivity contribution in [3.8, 4) is 0 Å². The first-order valence-corrected chi connectivity index (χ1v) is 7.23. The number of carbonyl (C=O) groups is 1. The quantitative estimate of drug-likeness (QED) is 0.808. The zero-order valence-corrected chi connectivity index (χ0v) is 12.0. The summed E-state index contributed by atoms with van der Waals surface area (Å²) in [5.74, 6) is -1.99. The van der Waals surface area contributed by atoms with E-state index in [1.165, 1.54) is 6.07 Å². The zero-order valence-electron chi connectivity index (χ0n) is 12.0. The number of fused-ring (bicyclic) bond motifs is 1. The predicted molar refractivity (Wildman–Crippen MR) is 79.3 cm³/mol. The number of nitrogens with one attached hydrogen (secondary N) is 1. The van der Waals surface area contributed by atoms with Crippen molar-refractivity contribution in [1.82, 2.24) is 14.6 Å². The molecule has 0 radical (unpaired) electrons. The molecule has 23 heavy (non-hydrogen) atoms. The van der Waals surface area contributed by atoms with Crippen molar-refractivity contribution >= 4 is 17.2 Å². The third-order valence-electron chi connectivity index (χ3n) is 3.74. The topological polar surface area (TPSA) is 59.3 Å². The molecule has 116 valence electrons. The van der Waals surface area contributed by atoms with Gasteiger partial charge < -0.3 is 5.32 Å². The van der Waals surface area contributed by atoms with Crippen molar-refractivity contribution in [3.63, 3.8) is 0 Å². The largest absolute Gasteiger partial charge is 0.320 e. The molecule has 1 aliphatic rings. The van der Waals surface area contributed by atoms with Crippen molar-refractivity contribution in [2.75, 3.05) is 5.32 Å². The molecule has 1 aromatic carbocycles. The second kappa shape index (κ2) is 5.12. The summed E-state index contributed by atoms with van der Waals surface area (Å²) in [5, 5.41) is 6.71. The third-order valence-corrected chi connectivity index (χ3v) is 3.74. The third kappa shape index (κ3) is 2.65. The maximum absolute atomic E-state index is 13.2. The van der Waals surface area contributed by atoms with Crippen LogP contribution in [0, 0.1) is 11.6 Å². The molecule has 1 N–H and O–H groups in total. The highest BCUT2D eigenvalue weighted by Crippen LogP contribution is 2.39. The number of anilines is 1. The van der Waals surface area contributed by atoms with Crippen LogP contribution in [0.25, 0.3) is 5.65 Å². The highest BCUT2D eigenvalue weighted by Gasteiger charge is 2.26. The van der Waals surface area contributed by atoms with Gasteiger partial charge in [0.2, 0.25) is 0 Å². The summed E-state index contributed by atoms with van der Waals surface area (Å²) in [7, 11) is 0. The Kier molecular flexibility index (Phi) is 3.07. The van der Waals surface area contributed by atoms with E-state index in [4.69, 9.17) is 0 Å². The Bertz CT molecular complexity index is 918. The number of rotatable bonds is 3. The standard InChI is InChI=1S/C16H12F2N4O/c17-11-4-3-10(7-12(11)18)19-16(23)13-5-6-15-20-14(9-1-2-9)8-22(15)21-13/h3-9H,1-2H2,(H,19,23). The van der Waals surface area contributed by atoms with Gasteiger partial charge in [0.25, 0.3) is 5.91 Å². The van der Waals surface area contributed by atoms with Crippen LogP contribution in [0.1, 0.15) is 34.9 Å². The monoisotopic (exact) mass is 314 g/mol. The Morgan fingerprint density at radius 3 is 2.74 bits per heavy atom. The van der Waals surface area contributed by atoms with Gasteiger partial charge in [0, 0.05) is 17.7 Å². The molecule has 0 bridgehead atoms. The fourth-order valence-electron chi connectivity index (χ4n) is 2.37. The number of halogens is 2. The fourth-order valence-corrected chi connectivity index (χ4v) is 2.37. The number of hydrogen-bond acceptors (Lipinski definition) is 3. The smallest absolute Gasteiger partial charge is 0.276 e. The molecule has 2 aromatic heterocycles. The number of imidazole rings is 1. The van der Waals surface area contributed by atoms with E-state index in [1.54, 1.807) is 16.6 Å². The van der Waals surface area contributed by atoms with E-state index in [0.717, 1.165) is 30.7 Å². The Hall–Kier alpha value is -2.83. The molecule has 0 atom stereocenters. The SMILES string of the molecule is O=C(Nc1ccc(F)c(F)c1)c1ccc2nc(C3CC3)cn2n1. The van der Waals surface area contributed by atoms with Crippen molar-refractivity contribution < 1.29 is 13.6 Å². The number of nitrogens with zero attached hydrogens (tertiary/aromatic N) is 3. The van der Waals surface area contributed by atoms with Gasteiger partial charge in [-0.3, -0.25) is 4.79 Å². The minimum Gasteiger partial charge on any atom is -0.320 e. The van der Waals surface area contributed by atoms with Crippen LogP contribution in [0.3, 0.4) is 0 Å². The highest BCUT2D eigenvalue weighted by atomic mass is 19.2. The van der Waals surface area contributed by atoms with Crippen molar-refractivity contribution in [2.24, 2.45) is 0 Å². The lowest BCUT2D eigenvalue weighted by atomic mass is 10.3. The number of amides is 1. The summed E-state index contributed by atoms with van der Waals surface area (Å²) in [6.07, 6.45) is 4.09. The average Bonchev–Trinajstić information content (AvgIpc) is 3.30. The van der Waals surface area contributed by atoms with E-state index in [1.807, 2.05) is 6.20 Å². The van der Waals surface area contributed by atoms with E-state index >= 15 is 0 Å². The van der Waals surface area contributed by atoms with Gasteiger partial charge in [-0.2, -0.15) is 5.10 Å². The molecule has 7 heteroatoms. The normalized spacial score (nSPS) is 14.2. The fraction of sp³-hybridized carbons (Fsp3) is 0.188. The van der Waals surface area contributed by atoms with Gasteiger partial charge in [-0.05, 0) is 37.1 Å². The Balaban J connectivity index is 1.59. The van der Waals surface area contributed by atoms with Crippen LogP contribution in [0.15, 0.2) is 36.5 Å². The van der Waals surface area contributed by atoms with E-state index in [0.29, 0.717) is 11.6 Å². The van der Waals surface area contributed by atoms with Crippen molar-refractivity contribution in [3.05, 3.63) is 59.6 Å². The minimum absolute atomic E-state index is 0.167. The Labute approximate surface area is 130 Å². The molecular formula is C16H12F2N4O. The van der Waals surface area contributed by atoms with E-state index < -0.39 is 17.5 Å². The van der Waals surface area contributed by atoms with Crippen LogP contribution < -0.4 is 5.32 Å². The first kappa shape index (κ1) is 13.8. The summed E-state index contributed by atoms with van der Waals surface area (Å²) in [5.41, 5.74) is 1.99. The molecule has 0 saturated heterocycles. The number of aromatic nitrogens is 3. The first-order chi connectivity index (χ1) is 11.1. The number of benzene rings is 1. The molecule has 0 unspecified atom stereocenters. The van der Waals surface area contributed by atoms with Crippen LogP contribution in [0.4, 0.5) is 14.5 Å². The van der Waals surface area contributed by atoms with Gasteiger partial charge >= 0.3 is 0 Å². The minimum atomic E-state index is -1.02. The molecular weight excluding hydrogens is 302 g/mol. The summed E-state index contributed by atoms with van der Waals surface area (Å²) in [4.78, 5) is 16.6. The van der Waals surface area contributed by atoms with E-state index in [-0.39, 0.29) is 11.4 Å². The van der Waals surface area contributed by atoms with Crippen LogP contribution in [-0.4, -0.2) is 20.5 Å². The summed E-state index contributed by atoms with van der Waals surface area (Å²) in [6, 6.07) is 6.43. The van der Waals surface area contributed by atoms with Gasteiger partial charge in [0.15, 0.2) is 17.3 Å². The molecule has 2 heterocycles. The molecule has 0 spiro atoms. The molecule has 3 aromatic rings. The lowest BCUT2D eigenvalue weighted by molar-refractivity contribution is 0.102. The van der Waals surface area contributed by atoms with Gasteiger partial charge in [-0.15, -0.1) is 0 Å². The molecule has 1 fully saturated rings. The van der Waals surface area contributed by atoms with Gasteiger partial charge in [0.1, 0.15) is 5.69 Å². The predicted octanol–water partition coefficient (Wildman–Crippen LogP) is 3.14. The summed E-state index contributed by atoms with van der Waals surface area (Å²) in [6.45, 7) is 0. The highest BCUT2D eigenvalue weighted by molar-refractivity contribution is 6.02. The van der Waals surface area contributed by atoms with Crippen molar-refractivity contribution in [1.29, 1.82) is 0 Å². The Morgan fingerprint density at radius 1 is 1.17 bits per heavy atom. The van der Waals surface area contributed by atoms with E-state index in [2.05, 4.69) is 15.4 Å². The lowest BCUT2D eigenvalue weighted by Gasteiger charge is -2.05. The van der Waals surface area contributed by atoms with Crippen molar-refractivity contribution in [2.45, 2.75) is 18.8 Å². The molecule has 0 aliphatic heterocycles. The molecule has 1 amide bonds.